The normalized spacial score (nSPS) is 50.0. The molecular formula is C28H51N. The Hall–Kier alpha value is -0.0400. The maximum atomic E-state index is 6.43. The van der Waals surface area contributed by atoms with Crippen molar-refractivity contribution < 1.29 is 0 Å². The van der Waals surface area contributed by atoms with E-state index in [0.29, 0.717) is 16.9 Å². The summed E-state index contributed by atoms with van der Waals surface area (Å²) in [6.07, 6.45) is 15.8. The fourth-order valence-electron chi connectivity index (χ4n) is 9.87. The molecule has 29 heavy (non-hydrogen) atoms. The van der Waals surface area contributed by atoms with Gasteiger partial charge in [-0.2, -0.15) is 0 Å². The molecule has 0 aliphatic heterocycles. The first-order valence-electron chi connectivity index (χ1n) is 13.3. The number of hydrogen-bond acceptors (Lipinski definition) is 1. The smallest absolute Gasteiger partial charge is 0.00416 e. The standard InChI is InChI=1S/C28H51N/c1-18-14-19(2)22-8-7-13-27(3,4)17-28(5,6)26(22)24-11-9-20-16-21(29)10-12-23(20)25(24)15-18/h18-26H,7-17,29H2,1-6H3/t18?,19?,20?,21-,22?,23?,24?,25?,26?/m1/s1. The molecule has 0 aromatic rings. The molecular weight excluding hydrogens is 350 g/mol. The maximum Gasteiger partial charge on any atom is 0.00416 e. The summed E-state index contributed by atoms with van der Waals surface area (Å²) in [5, 5.41) is 0. The van der Waals surface area contributed by atoms with Crippen LogP contribution in [0.2, 0.25) is 0 Å². The topological polar surface area (TPSA) is 26.0 Å². The van der Waals surface area contributed by atoms with Crippen molar-refractivity contribution in [3.05, 3.63) is 0 Å². The highest BCUT2D eigenvalue weighted by atomic mass is 14.7. The molecule has 1 heteroatoms. The summed E-state index contributed by atoms with van der Waals surface area (Å²) in [5.41, 5.74) is 7.42. The van der Waals surface area contributed by atoms with Crippen molar-refractivity contribution in [1.82, 2.24) is 0 Å². The van der Waals surface area contributed by atoms with E-state index in [9.17, 15) is 0 Å². The van der Waals surface area contributed by atoms with E-state index in [2.05, 4.69) is 41.5 Å². The molecule has 8 unspecified atom stereocenters. The van der Waals surface area contributed by atoms with Gasteiger partial charge in [0.1, 0.15) is 0 Å². The van der Waals surface area contributed by atoms with E-state index in [0.717, 1.165) is 47.3 Å². The van der Waals surface area contributed by atoms with Crippen LogP contribution in [0.5, 0.6) is 0 Å². The van der Waals surface area contributed by atoms with Crippen molar-refractivity contribution in [3.8, 4) is 0 Å². The summed E-state index contributed by atoms with van der Waals surface area (Å²) in [6, 6.07) is 0.491. The zero-order valence-electron chi connectivity index (χ0n) is 20.6. The lowest BCUT2D eigenvalue weighted by molar-refractivity contribution is -0.0895. The Morgan fingerprint density at radius 3 is 2.21 bits per heavy atom. The van der Waals surface area contributed by atoms with Gasteiger partial charge in [0.05, 0.1) is 0 Å². The van der Waals surface area contributed by atoms with Crippen molar-refractivity contribution in [2.75, 3.05) is 0 Å². The van der Waals surface area contributed by atoms with E-state index in [1.54, 1.807) is 0 Å². The lowest BCUT2D eigenvalue weighted by atomic mass is 9.47. The Labute approximate surface area is 182 Å². The van der Waals surface area contributed by atoms with Crippen LogP contribution in [0.15, 0.2) is 0 Å². The minimum Gasteiger partial charge on any atom is -0.328 e. The van der Waals surface area contributed by atoms with E-state index in [1.165, 1.54) is 70.6 Å². The molecule has 0 heterocycles. The second kappa shape index (κ2) is 8.14. The number of rotatable bonds is 0. The first-order chi connectivity index (χ1) is 13.6. The van der Waals surface area contributed by atoms with Gasteiger partial charge in [0.25, 0.3) is 0 Å². The van der Waals surface area contributed by atoms with Crippen LogP contribution in [0.4, 0.5) is 0 Å². The molecule has 4 aliphatic carbocycles. The monoisotopic (exact) mass is 401 g/mol. The minimum atomic E-state index is 0.476. The third-order valence-electron chi connectivity index (χ3n) is 10.4. The zero-order valence-corrected chi connectivity index (χ0v) is 20.6. The number of nitrogens with two attached hydrogens (primary N) is 1. The molecule has 4 saturated carbocycles. The van der Waals surface area contributed by atoms with Crippen LogP contribution in [0.25, 0.3) is 0 Å². The van der Waals surface area contributed by atoms with Crippen molar-refractivity contribution in [1.29, 1.82) is 0 Å². The highest BCUT2D eigenvalue weighted by Gasteiger charge is 2.53. The van der Waals surface area contributed by atoms with Gasteiger partial charge in [-0.25, -0.2) is 0 Å². The van der Waals surface area contributed by atoms with Gasteiger partial charge in [0, 0.05) is 6.04 Å². The van der Waals surface area contributed by atoms with Crippen LogP contribution in [0.1, 0.15) is 112 Å². The Morgan fingerprint density at radius 2 is 1.45 bits per heavy atom. The predicted octanol–water partition coefficient (Wildman–Crippen LogP) is 7.68. The molecule has 1 nitrogen and oxygen atoms in total. The van der Waals surface area contributed by atoms with Crippen molar-refractivity contribution in [3.63, 3.8) is 0 Å². The molecule has 0 saturated heterocycles. The molecule has 0 amide bonds. The summed E-state index contributed by atoms with van der Waals surface area (Å²) in [5.74, 6) is 7.61. The third-order valence-corrected chi connectivity index (χ3v) is 10.4. The SMILES string of the molecule is CC1CC(C)C2CCCC(C)(C)CC(C)(C)C2C2CCC3C[C@H](N)CCC3C2C1. The van der Waals surface area contributed by atoms with Gasteiger partial charge in [0.2, 0.25) is 0 Å². The quantitative estimate of drug-likeness (QED) is 0.442. The van der Waals surface area contributed by atoms with Crippen molar-refractivity contribution in [2.24, 2.45) is 63.9 Å². The van der Waals surface area contributed by atoms with Crippen LogP contribution < -0.4 is 5.73 Å². The van der Waals surface area contributed by atoms with E-state index < -0.39 is 0 Å². The average molecular weight is 402 g/mol. The molecule has 0 spiro atoms. The van der Waals surface area contributed by atoms with Gasteiger partial charge in [-0.1, -0.05) is 48.0 Å². The Kier molecular flexibility index (Phi) is 6.22. The van der Waals surface area contributed by atoms with Crippen LogP contribution in [0, 0.1) is 58.2 Å². The average Bonchev–Trinajstić information content (AvgIpc) is 2.58. The largest absolute Gasteiger partial charge is 0.328 e. The zero-order chi connectivity index (χ0) is 21.0. The molecule has 4 rings (SSSR count). The summed E-state index contributed by atoms with van der Waals surface area (Å²) in [7, 11) is 0. The Morgan fingerprint density at radius 1 is 0.724 bits per heavy atom. The van der Waals surface area contributed by atoms with E-state index >= 15 is 0 Å². The van der Waals surface area contributed by atoms with E-state index in [4.69, 9.17) is 5.73 Å². The van der Waals surface area contributed by atoms with Gasteiger partial charge in [-0.3, -0.25) is 0 Å². The first kappa shape index (κ1) is 22.2. The maximum absolute atomic E-state index is 6.43. The van der Waals surface area contributed by atoms with Crippen molar-refractivity contribution in [2.45, 2.75) is 118 Å². The molecule has 0 bridgehead atoms. The molecule has 4 fully saturated rings. The highest BCUT2D eigenvalue weighted by Crippen LogP contribution is 2.60. The molecule has 9 atom stereocenters. The number of hydrogen-bond donors (Lipinski definition) is 1. The molecule has 4 aliphatic rings. The lowest BCUT2D eigenvalue weighted by Crippen LogP contribution is -2.51. The van der Waals surface area contributed by atoms with E-state index in [1.807, 2.05) is 0 Å². The van der Waals surface area contributed by atoms with Gasteiger partial charge in [0.15, 0.2) is 0 Å². The summed E-state index contributed by atoms with van der Waals surface area (Å²) < 4.78 is 0. The van der Waals surface area contributed by atoms with Crippen LogP contribution in [-0.2, 0) is 0 Å². The fourth-order valence-corrected chi connectivity index (χ4v) is 9.87. The van der Waals surface area contributed by atoms with Gasteiger partial charge in [-0.05, 0) is 122 Å². The molecule has 168 valence electrons. The Balaban J connectivity index is 1.70. The fraction of sp³-hybridized carbons (Fsp3) is 1.00. The second-order valence-electron chi connectivity index (χ2n) is 13.9. The van der Waals surface area contributed by atoms with Crippen LogP contribution >= 0.6 is 0 Å². The molecule has 0 aromatic heterocycles. The summed E-state index contributed by atoms with van der Waals surface area (Å²) in [4.78, 5) is 0. The predicted molar refractivity (Wildman–Crippen MR) is 126 cm³/mol. The van der Waals surface area contributed by atoms with Crippen LogP contribution in [-0.4, -0.2) is 6.04 Å². The van der Waals surface area contributed by atoms with E-state index in [-0.39, 0.29) is 0 Å². The number of fused-ring (bicyclic) bond motifs is 5. The minimum absolute atomic E-state index is 0.476. The van der Waals surface area contributed by atoms with Gasteiger partial charge in [-0.15, -0.1) is 0 Å². The Bertz CT molecular complexity index is 563. The molecule has 0 aromatic carbocycles. The second-order valence-corrected chi connectivity index (χ2v) is 13.9. The molecule has 2 N–H and O–H groups in total. The first-order valence-corrected chi connectivity index (χ1v) is 13.3. The van der Waals surface area contributed by atoms with Crippen molar-refractivity contribution >= 4 is 0 Å². The van der Waals surface area contributed by atoms with Gasteiger partial charge >= 0.3 is 0 Å². The molecule has 0 radical (unpaired) electrons. The van der Waals surface area contributed by atoms with Crippen LogP contribution in [0.3, 0.4) is 0 Å². The third kappa shape index (κ3) is 4.47. The van der Waals surface area contributed by atoms with Gasteiger partial charge < -0.3 is 5.73 Å². The lowest BCUT2D eigenvalue weighted by Gasteiger charge is -2.58. The summed E-state index contributed by atoms with van der Waals surface area (Å²) in [6.45, 7) is 15.7. The summed E-state index contributed by atoms with van der Waals surface area (Å²) >= 11 is 0. The highest BCUT2D eigenvalue weighted by molar-refractivity contribution is 5.02.